The molecule has 0 aromatic heterocycles. The van der Waals surface area contributed by atoms with E-state index in [0.717, 1.165) is 0 Å². The maximum Gasteiger partial charge on any atom is 0.308 e. The van der Waals surface area contributed by atoms with Crippen LogP contribution in [0.15, 0.2) is 24.3 Å². The smallest absolute Gasteiger partial charge is 0.308 e. The highest BCUT2D eigenvalue weighted by Gasteiger charge is 2.27. The van der Waals surface area contributed by atoms with Gasteiger partial charge in [0.2, 0.25) is 5.91 Å². The molecule has 0 aliphatic heterocycles. The molecule has 5 nitrogen and oxygen atoms in total. The van der Waals surface area contributed by atoms with Crippen molar-refractivity contribution in [2.45, 2.75) is 0 Å². The second kappa shape index (κ2) is 5.11. The van der Waals surface area contributed by atoms with Gasteiger partial charge in [-0.25, -0.2) is 0 Å². The molecule has 1 unspecified atom stereocenters. The maximum absolute atomic E-state index is 11.5. The van der Waals surface area contributed by atoms with Crippen molar-refractivity contribution >= 4 is 11.6 Å². The highest BCUT2D eigenvalue weighted by atomic mass is 16.1. The van der Waals surface area contributed by atoms with Crippen LogP contribution in [-0.2, 0) is 4.79 Å². The Morgan fingerprint density at radius 1 is 1.64 bits per heavy atom. The molecule has 0 radical (unpaired) electrons. The molecule has 0 spiro atoms. The number of amides is 1. The first-order valence-electron chi connectivity index (χ1n) is 4.34. The maximum atomic E-state index is 11.5. The van der Waals surface area contributed by atoms with E-state index < -0.39 is 5.92 Å². The minimum absolute atomic E-state index is 0.205. The zero-order valence-electron chi connectivity index (χ0n) is 7.68. The van der Waals surface area contributed by atoms with Crippen molar-refractivity contribution < 1.29 is 9.58 Å². The Morgan fingerprint density at radius 3 is 3.07 bits per heavy atom. The van der Waals surface area contributed by atoms with Gasteiger partial charge in [-0.1, -0.05) is 18.2 Å². The summed E-state index contributed by atoms with van der Waals surface area (Å²) in [6, 6.07) is 0. The third-order valence-electron chi connectivity index (χ3n) is 1.84. The van der Waals surface area contributed by atoms with Gasteiger partial charge in [0.05, 0.1) is 0 Å². The summed E-state index contributed by atoms with van der Waals surface area (Å²) in [4.78, 5) is 14.5. The van der Waals surface area contributed by atoms with E-state index in [-0.39, 0.29) is 5.91 Å². The topological polar surface area (TPSA) is 91.5 Å². The van der Waals surface area contributed by atoms with Gasteiger partial charge in [0, 0.05) is 19.2 Å². The molecule has 1 aliphatic carbocycles. The zero-order valence-corrected chi connectivity index (χ0v) is 7.68. The van der Waals surface area contributed by atoms with Gasteiger partial charge >= 0.3 is 5.71 Å². The molecule has 0 heterocycles. The first-order chi connectivity index (χ1) is 6.79. The molecule has 0 fully saturated rings. The second-order valence-corrected chi connectivity index (χ2v) is 2.83. The summed E-state index contributed by atoms with van der Waals surface area (Å²) in [6.07, 6.45) is 6.71. The number of allylic oxidation sites excluding steroid dienone is 3. The van der Waals surface area contributed by atoms with Crippen LogP contribution in [0, 0.1) is 5.92 Å². The molecule has 74 valence electrons. The molecule has 0 bridgehead atoms. The Labute approximate surface area is 81.9 Å². The molecule has 1 rings (SSSR count). The number of hydrogen-bond donors (Lipinski definition) is 2. The van der Waals surface area contributed by atoms with Gasteiger partial charge < -0.3 is 16.6 Å². The van der Waals surface area contributed by atoms with Crippen LogP contribution in [0.1, 0.15) is 0 Å². The van der Waals surface area contributed by atoms with Gasteiger partial charge in [0.15, 0.2) is 5.92 Å². The van der Waals surface area contributed by atoms with E-state index in [1.54, 1.807) is 24.3 Å². The lowest BCUT2D eigenvalue weighted by Gasteiger charge is -2.08. The Kier molecular flexibility index (Phi) is 3.79. The van der Waals surface area contributed by atoms with Crippen LogP contribution in [0.5, 0.6) is 0 Å². The van der Waals surface area contributed by atoms with Gasteiger partial charge in [-0.2, -0.15) is 4.79 Å². The Hall–Kier alpha value is -1.71. The van der Waals surface area contributed by atoms with E-state index in [4.69, 9.17) is 11.3 Å². The molecule has 0 saturated carbocycles. The van der Waals surface area contributed by atoms with Gasteiger partial charge in [0.25, 0.3) is 0 Å². The lowest BCUT2D eigenvalue weighted by molar-refractivity contribution is -0.122. The van der Waals surface area contributed by atoms with E-state index in [2.05, 4.69) is 10.1 Å². The van der Waals surface area contributed by atoms with E-state index in [9.17, 15) is 4.79 Å². The predicted molar refractivity (Wildman–Crippen MR) is 52.5 cm³/mol. The summed E-state index contributed by atoms with van der Waals surface area (Å²) >= 11 is 0. The standard InChI is InChI=1S/C9H12N4O/c10-5-6-12-9(14)7-3-1-2-4-8(7)13-11/h1-4,7H,5-6,10H2,(H,12,14). The molecule has 5 heteroatoms. The summed E-state index contributed by atoms with van der Waals surface area (Å²) in [5, 5.41) is 2.63. The number of nitrogens with one attached hydrogen (secondary N) is 1. The molecule has 1 aliphatic rings. The van der Waals surface area contributed by atoms with Crippen LogP contribution in [0.3, 0.4) is 0 Å². The van der Waals surface area contributed by atoms with Crippen LogP contribution < -0.4 is 11.1 Å². The molecule has 0 aromatic rings. The van der Waals surface area contributed by atoms with Gasteiger partial charge in [0.1, 0.15) is 0 Å². The molecular formula is C9H12N4O. The normalized spacial score (nSPS) is 19.2. The SMILES string of the molecule is [N-]=[N+]=C1C=CC=CC1C(=O)NCCN. The number of rotatable bonds is 3. The van der Waals surface area contributed by atoms with Crippen molar-refractivity contribution in [3.8, 4) is 0 Å². The summed E-state index contributed by atoms with van der Waals surface area (Å²) in [6.45, 7) is 0.815. The van der Waals surface area contributed by atoms with Crippen molar-refractivity contribution in [3.63, 3.8) is 0 Å². The molecule has 0 saturated heterocycles. The van der Waals surface area contributed by atoms with E-state index in [0.29, 0.717) is 18.8 Å². The average Bonchev–Trinajstić information content (AvgIpc) is 2.25. The summed E-state index contributed by atoms with van der Waals surface area (Å²) in [5.41, 5.74) is 14.2. The fourth-order valence-electron chi connectivity index (χ4n) is 1.15. The lowest BCUT2D eigenvalue weighted by atomic mass is 9.98. The van der Waals surface area contributed by atoms with Crippen LogP contribution in [-0.4, -0.2) is 29.5 Å². The summed E-state index contributed by atoms with van der Waals surface area (Å²) in [5.74, 6) is -0.722. The molecule has 3 N–H and O–H groups in total. The third kappa shape index (κ3) is 2.39. The highest BCUT2D eigenvalue weighted by Crippen LogP contribution is 2.07. The Morgan fingerprint density at radius 2 is 2.43 bits per heavy atom. The number of carbonyl (C=O) groups excluding carboxylic acids is 1. The number of nitrogens with two attached hydrogens (primary N) is 1. The van der Waals surface area contributed by atoms with Crippen molar-refractivity contribution in [2.24, 2.45) is 11.7 Å². The largest absolute Gasteiger partial charge is 0.361 e. The summed E-state index contributed by atoms with van der Waals surface area (Å²) in [7, 11) is 0. The Bertz CT molecular complexity index is 326. The predicted octanol–water partition coefficient (Wildman–Crippen LogP) is -0.526. The Balaban J connectivity index is 2.67. The van der Waals surface area contributed by atoms with Crippen molar-refractivity contribution in [2.75, 3.05) is 13.1 Å². The monoisotopic (exact) mass is 192 g/mol. The van der Waals surface area contributed by atoms with Gasteiger partial charge in [-0.15, -0.1) is 0 Å². The van der Waals surface area contributed by atoms with Crippen molar-refractivity contribution in [1.82, 2.24) is 5.32 Å². The van der Waals surface area contributed by atoms with Gasteiger partial charge in [-0.3, -0.25) is 4.79 Å². The van der Waals surface area contributed by atoms with E-state index in [1.807, 2.05) is 0 Å². The fraction of sp³-hybridized carbons (Fsp3) is 0.333. The highest BCUT2D eigenvalue weighted by molar-refractivity contribution is 6.09. The first-order valence-corrected chi connectivity index (χ1v) is 4.34. The molecule has 1 amide bonds. The minimum atomic E-state index is -0.517. The molecular weight excluding hydrogens is 180 g/mol. The first kappa shape index (κ1) is 10.4. The van der Waals surface area contributed by atoms with Crippen LogP contribution in [0.4, 0.5) is 0 Å². The quantitative estimate of drug-likeness (QED) is 0.465. The van der Waals surface area contributed by atoms with Crippen LogP contribution in [0.2, 0.25) is 0 Å². The number of nitrogens with zero attached hydrogens (tertiary/aromatic N) is 2. The van der Waals surface area contributed by atoms with Gasteiger partial charge in [-0.05, 0) is 0 Å². The van der Waals surface area contributed by atoms with Crippen LogP contribution >= 0.6 is 0 Å². The molecule has 0 aromatic carbocycles. The second-order valence-electron chi connectivity index (χ2n) is 2.83. The summed E-state index contributed by atoms with van der Waals surface area (Å²) < 4.78 is 0. The van der Waals surface area contributed by atoms with E-state index >= 15 is 0 Å². The lowest BCUT2D eigenvalue weighted by Crippen LogP contribution is -2.37. The average molecular weight is 192 g/mol. The fourth-order valence-corrected chi connectivity index (χ4v) is 1.15. The third-order valence-corrected chi connectivity index (χ3v) is 1.84. The minimum Gasteiger partial charge on any atom is -0.361 e. The van der Waals surface area contributed by atoms with Crippen molar-refractivity contribution in [1.29, 1.82) is 0 Å². The zero-order chi connectivity index (χ0) is 10.4. The number of carbonyl (C=O) groups is 1. The van der Waals surface area contributed by atoms with E-state index in [1.165, 1.54) is 0 Å². The van der Waals surface area contributed by atoms with Crippen LogP contribution in [0.25, 0.3) is 5.53 Å². The molecule has 14 heavy (non-hydrogen) atoms. The number of hydrogen-bond acceptors (Lipinski definition) is 2. The van der Waals surface area contributed by atoms with Crippen molar-refractivity contribution in [3.05, 3.63) is 29.8 Å². The molecule has 1 atom stereocenters.